The summed E-state index contributed by atoms with van der Waals surface area (Å²) >= 11 is 1.17. The van der Waals surface area contributed by atoms with Gasteiger partial charge in [-0.3, -0.25) is 19.3 Å². The number of fused-ring (bicyclic) bond motifs is 7. The second kappa shape index (κ2) is 10.1. The summed E-state index contributed by atoms with van der Waals surface area (Å²) in [6.45, 7) is 0.934. The molecular weight excluding hydrogens is 488 g/mol. The Kier molecular flexibility index (Phi) is 6.69. The maximum Gasteiger partial charge on any atom is 0.277 e. The Balaban J connectivity index is 1.57. The van der Waals surface area contributed by atoms with Gasteiger partial charge in [0.2, 0.25) is 5.43 Å². The van der Waals surface area contributed by atoms with Gasteiger partial charge in [-0.1, -0.05) is 24.3 Å². The fraction of sp³-hybridized carbons (Fsp3) is 0.231. The Morgan fingerprint density at radius 1 is 1.00 bits per heavy atom. The van der Waals surface area contributed by atoms with Gasteiger partial charge >= 0.3 is 0 Å². The molecule has 1 N–H and O–H groups in total. The van der Waals surface area contributed by atoms with Crippen LogP contribution in [0.2, 0.25) is 0 Å². The van der Waals surface area contributed by atoms with E-state index in [9.17, 15) is 23.5 Å². The lowest BCUT2D eigenvalue weighted by Crippen LogP contribution is -2.53. The van der Waals surface area contributed by atoms with Gasteiger partial charge in [0.15, 0.2) is 11.4 Å². The van der Waals surface area contributed by atoms with E-state index in [1.807, 2.05) is 12.2 Å². The predicted octanol–water partition coefficient (Wildman–Crippen LogP) is 4.01. The van der Waals surface area contributed by atoms with Crippen LogP contribution in [0.1, 0.15) is 28.0 Å². The molecule has 0 aliphatic carbocycles. The number of hydrogen-bond donors (Lipinski definition) is 1. The molecule has 186 valence electrons. The molecule has 10 heteroatoms. The van der Waals surface area contributed by atoms with E-state index in [2.05, 4.69) is 0 Å². The number of ether oxygens (including phenoxy) is 1. The summed E-state index contributed by atoms with van der Waals surface area (Å²) in [7, 11) is 0. The molecule has 4 bridgehead atoms. The lowest BCUT2D eigenvalue weighted by molar-refractivity contribution is 0.0688. The fourth-order valence-corrected chi connectivity index (χ4v) is 5.27. The number of halogens is 2. The van der Waals surface area contributed by atoms with Gasteiger partial charge in [0.1, 0.15) is 30.7 Å². The molecule has 5 rings (SSSR count). The first-order chi connectivity index (χ1) is 17.4. The van der Waals surface area contributed by atoms with E-state index in [0.717, 1.165) is 0 Å². The van der Waals surface area contributed by atoms with Crippen LogP contribution in [0.4, 0.5) is 8.78 Å². The van der Waals surface area contributed by atoms with Crippen molar-refractivity contribution in [3.05, 3.63) is 99.5 Å². The second-order valence-corrected chi connectivity index (χ2v) is 9.42. The first kappa shape index (κ1) is 23.9. The maximum atomic E-state index is 15.0. The molecular formula is C26H23F2N3O4S. The summed E-state index contributed by atoms with van der Waals surface area (Å²) in [5.74, 6) is -1.26. The van der Waals surface area contributed by atoms with Crippen LogP contribution in [0.3, 0.4) is 0 Å². The van der Waals surface area contributed by atoms with Crippen molar-refractivity contribution in [3.63, 3.8) is 0 Å². The highest BCUT2D eigenvalue weighted by Gasteiger charge is 2.32. The maximum absolute atomic E-state index is 15.0. The summed E-state index contributed by atoms with van der Waals surface area (Å²) in [4.78, 5) is 27.1. The van der Waals surface area contributed by atoms with Crippen LogP contribution in [0, 0.1) is 11.6 Å². The number of nitrogens with zero attached hydrogens (tertiary/aromatic N) is 3. The molecule has 3 aromatic rings. The number of hydrogen-bond acceptors (Lipinski definition) is 6. The highest BCUT2D eigenvalue weighted by Crippen LogP contribution is 2.32. The molecule has 2 aliphatic rings. The van der Waals surface area contributed by atoms with Crippen LogP contribution < -0.4 is 15.2 Å². The van der Waals surface area contributed by atoms with Crippen molar-refractivity contribution >= 4 is 17.7 Å². The average Bonchev–Trinajstić information content (AvgIpc) is 2.86. The SMILES string of the molecule is O=C1c2c(O)c(=O)ccn2N2Cc3cccc(F)c3SCc3cc(ccc3F)OC/C=C\CCN1C2. The smallest absolute Gasteiger partial charge is 0.277 e. The van der Waals surface area contributed by atoms with Gasteiger partial charge in [0.05, 0.1) is 6.54 Å². The van der Waals surface area contributed by atoms with Crippen molar-refractivity contribution in [3.8, 4) is 11.5 Å². The number of thioether (sulfide) groups is 1. The number of carbonyl (C=O) groups is 1. The van der Waals surface area contributed by atoms with Gasteiger partial charge < -0.3 is 14.7 Å². The third-order valence-corrected chi connectivity index (χ3v) is 7.25. The van der Waals surface area contributed by atoms with Gasteiger partial charge in [-0.2, -0.15) is 0 Å². The number of pyridine rings is 1. The third-order valence-electron chi connectivity index (χ3n) is 6.05. The van der Waals surface area contributed by atoms with Crippen LogP contribution >= 0.6 is 11.8 Å². The Bertz CT molecular complexity index is 1410. The molecule has 0 radical (unpaired) electrons. The minimum atomic E-state index is -0.655. The normalized spacial score (nSPS) is 17.0. The topological polar surface area (TPSA) is 75.0 Å². The van der Waals surface area contributed by atoms with E-state index in [4.69, 9.17) is 4.74 Å². The van der Waals surface area contributed by atoms with E-state index in [-0.39, 0.29) is 31.3 Å². The predicted molar refractivity (Wildman–Crippen MR) is 132 cm³/mol. The average molecular weight is 512 g/mol. The highest BCUT2D eigenvalue weighted by atomic mass is 32.2. The monoisotopic (exact) mass is 511 g/mol. The second-order valence-electron chi connectivity index (χ2n) is 8.44. The van der Waals surface area contributed by atoms with E-state index in [1.165, 1.54) is 45.7 Å². The van der Waals surface area contributed by atoms with Gasteiger partial charge in [0, 0.05) is 35.0 Å². The van der Waals surface area contributed by atoms with Crippen LogP contribution in [0.5, 0.6) is 11.5 Å². The van der Waals surface area contributed by atoms with Crippen LogP contribution in [-0.4, -0.2) is 40.4 Å². The quantitative estimate of drug-likeness (QED) is 0.460. The number of aromatic hydroxyl groups is 1. The highest BCUT2D eigenvalue weighted by molar-refractivity contribution is 7.98. The minimum absolute atomic E-state index is 0.136. The fourth-order valence-electron chi connectivity index (χ4n) is 4.23. The molecule has 1 amide bonds. The molecule has 7 nitrogen and oxygen atoms in total. The van der Waals surface area contributed by atoms with E-state index >= 15 is 0 Å². The lowest BCUT2D eigenvalue weighted by Gasteiger charge is -2.39. The van der Waals surface area contributed by atoms with E-state index in [1.54, 1.807) is 29.3 Å². The first-order valence-corrected chi connectivity index (χ1v) is 12.4. The molecule has 0 saturated heterocycles. The van der Waals surface area contributed by atoms with Crippen molar-refractivity contribution in [1.29, 1.82) is 0 Å². The Hall–Kier alpha value is -3.79. The zero-order valence-electron chi connectivity index (χ0n) is 19.2. The van der Waals surface area contributed by atoms with Crippen molar-refractivity contribution < 1.29 is 23.4 Å². The minimum Gasteiger partial charge on any atom is -0.502 e. The largest absolute Gasteiger partial charge is 0.502 e. The molecule has 2 aromatic carbocycles. The molecule has 3 heterocycles. The summed E-state index contributed by atoms with van der Waals surface area (Å²) in [5, 5.41) is 12.2. The van der Waals surface area contributed by atoms with E-state index < -0.39 is 28.7 Å². The standard InChI is InChI=1S/C26H23F2N3O4S/c27-20-8-7-19-13-18(20)15-36-25-17(5-4-6-21(25)28)14-30-16-29(10-2-1-3-12-35-19)26(34)23-24(33)22(32)9-11-31(23)30/h1,3-9,11,13,33H,2,10,12,14-16H2/b3-1-. The number of carbonyl (C=O) groups excluding carboxylic acids is 1. The number of benzene rings is 2. The molecule has 0 unspecified atom stereocenters. The van der Waals surface area contributed by atoms with Crippen molar-refractivity contribution in [2.45, 2.75) is 23.6 Å². The zero-order chi connectivity index (χ0) is 25.2. The summed E-state index contributed by atoms with van der Waals surface area (Å²) < 4.78 is 36.6. The number of rotatable bonds is 0. The van der Waals surface area contributed by atoms with Crippen LogP contribution in [0.25, 0.3) is 0 Å². The number of aromatic nitrogens is 1. The molecule has 0 atom stereocenters. The zero-order valence-corrected chi connectivity index (χ0v) is 20.0. The van der Waals surface area contributed by atoms with Gasteiger partial charge in [0.25, 0.3) is 5.91 Å². The Morgan fingerprint density at radius 2 is 1.86 bits per heavy atom. The van der Waals surface area contributed by atoms with Crippen LogP contribution in [-0.2, 0) is 12.3 Å². The third kappa shape index (κ3) is 4.68. The van der Waals surface area contributed by atoms with Crippen molar-refractivity contribution in [1.82, 2.24) is 9.58 Å². The molecule has 1 aromatic heterocycles. The number of amides is 1. The van der Waals surface area contributed by atoms with Gasteiger partial charge in [-0.05, 0) is 36.2 Å². The van der Waals surface area contributed by atoms with Gasteiger partial charge in [-0.15, -0.1) is 11.8 Å². The van der Waals surface area contributed by atoms with Gasteiger partial charge in [-0.25, -0.2) is 8.78 Å². The lowest BCUT2D eigenvalue weighted by atomic mass is 10.2. The molecule has 2 aliphatic heterocycles. The van der Waals surface area contributed by atoms with Crippen molar-refractivity contribution in [2.75, 3.05) is 24.8 Å². The Morgan fingerprint density at radius 3 is 2.72 bits per heavy atom. The molecule has 0 spiro atoms. The summed E-state index contributed by atoms with van der Waals surface area (Å²) in [6, 6.07) is 10.4. The van der Waals surface area contributed by atoms with Crippen molar-refractivity contribution in [2.24, 2.45) is 0 Å². The van der Waals surface area contributed by atoms with Crippen LogP contribution in [0.15, 0.2) is 70.5 Å². The summed E-state index contributed by atoms with van der Waals surface area (Å²) in [5.41, 5.74) is 0.220. The molecule has 36 heavy (non-hydrogen) atoms. The van der Waals surface area contributed by atoms with E-state index in [0.29, 0.717) is 34.7 Å². The Labute approximate surface area is 210 Å². The first-order valence-electron chi connectivity index (χ1n) is 11.4. The molecule has 0 fully saturated rings. The molecule has 0 saturated carbocycles. The summed E-state index contributed by atoms with van der Waals surface area (Å²) in [6.07, 6.45) is 5.62.